The van der Waals surface area contributed by atoms with Gasteiger partial charge < -0.3 is 10.6 Å². The number of aromatic nitrogens is 1. The van der Waals surface area contributed by atoms with Crippen LogP contribution >= 0.6 is 0 Å². The van der Waals surface area contributed by atoms with E-state index in [4.69, 9.17) is 11.6 Å². The van der Waals surface area contributed by atoms with Gasteiger partial charge in [0.25, 0.3) is 0 Å². The Kier molecular flexibility index (Phi) is 5.19. The van der Waals surface area contributed by atoms with Gasteiger partial charge in [-0.2, -0.15) is 0 Å². The first kappa shape index (κ1) is 16.2. The molecule has 0 radical (unpaired) electrons. The molecule has 118 valence electrons. The zero-order chi connectivity index (χ0) is 15.5. The number of nitrogen functional groups attached to an aromatic ring is 1. The minimum Gasteiger partial charge on any atom is -0.383 e. The molecule has 2 rings (SSSR count). The summed E-state index contributed by atoms with van der Waals surface area (Å²) in [5, 5.41) is 0. The number of rotatable bonds is 5. The number of nitrogens with one attached hydrogen (secondary N) is 1. The van der Waals surface area contributed by atoms with E-state index >= 15 is 0 Å². The third-order valence-corrected chi connectivity index (χ3v) is 5.23. The Hall–Kier alpha value is -1.17. The Morgan fingerprint density at radius 2 is 2.10 bits per heavy atom. The van der Waals surface area contributed by atoms with Crippen LogP contribution in [0.25, 0.3) is 0 Å². The van der Waals surface area contributed by atoms with E-state index in [1.165, 1.54) is 12.8 Å². The average molecular weight is 291 g/mol. The first-order valence-electron chi connectivity index (χ1n) is 7.82. The van der Waals surface area contributed by atoms with Crippen LogP contribution in [-0.2, 0) is 6.42 Å². The van der Waals surface area contributed by atoms with Gasteiger partial charge in [0, 0.05) is 17.8 Å². The lowest BCUT2D eigenvalue weighted by Gasteiger charge is -2.49. The minimum absolute atomic E-state index is 0.0868. The SMILES string of the molecule is CC1CCC(C(Cc2cccnc2N)NN)(N(C)C)CC1. The number of hydrogen-bond acceptors (Lipinski definition) is 5. The summed E-state index contributed by atoms with van der Waals surface area (Å²) >= 11 is 0. The molecule has 5 nitrogen and oxygen atoms in total. The molecular formula is C16H29N5. The molecule has 1 fully saturated rings. The van der Waals surface area contributed by atoms with Crippen molar-refractivity contribution in [1.29, 1.82) is 0 Å². The number of hydrazine groups is 1. The van der Waals surface area contributed by atoms with E-state index in [1.54, 1.807) is 6.20 Å². The molecule has 0 aliphatic heterocycles. The number of likely N-dealkylation sites (N-methyl/N-ethyl adjacent to an activating group) is 1. The second kappa shape index (κ2) is 6.73. The topological polar surface area (TPSA) is 80.2 Å². The van der Waals surface area contributed by atoms with Crippen LogP contribution in [0.5, 0.6) is 0 Å². The van der Waals surface area contributed by atoms with Crippen molar-refractivity contribution in [2.24, 2.45) is 11.8 Å². The largest absolute Gasteiger partial charge is 0.383 e. The number of nitrogens with two attached hydrogens (primary N) is 2. The predicted octanol–water partition coefficient (Wildman–Crippen LogP) is 1.55. The van der Waals surface area contributed by atoms with Gasteiger partial charge in [-0.15, -0.1) is 0 Å². The highest BCUT2D eigenvalue weighted by atomic mass is 15.3. The summed E-state index contributed by atoms with van der Waals surface area (Å²) in [5.74, 6) is 7.33. The summed E-state index contributed by atoms with van der Waals surface area (Å²) in [5.41, 5.74) is 10.2. The monoisotopic (exact) mass is 291 g/mol. The molecule has 1 aliphatic carbocycles. The van der Waals surface area contributed by atoms with Crippen LogP contribution in [0.15, 0.2) is 18.3 Å². The molecule has 1 unspecified atom stereocenters. The van der Waals surface area contributed by atoms with Crippen LogP contribution in [0.2, 0.25) is 0 Å². The number of hydrogen-bond donors (Lipinski definition) is 3. The average Bonchev–Trinajstić information content (AvgIpc) is 2.47. The van der Waals surface area contributed by atoms with E-state index in [-0.39, 0.29) is 11.6 Å². The van der Waals surface area contributed by atoms with E-state index in [1.807, 2.05) is 12.1 Å². The Balaban J connectivity index is 2.23. The smallest absolute Gasteiger partial charge is 0.126 e. The lowest BCUT2D eigenvalue weighted by Crippen LogP contribution is -2.62. The highest BCUT2D eigenvalue weighted by molar-refractivity contribution is 5.39. The second-order valence-electron chi connectivity index (χ2n) is 6.65. The van der Waals surface area contributed by atoms with E-state index < -0.39 is 0 Å². The van der Waals surface area contributed by atoms with Crippen LogP contribution < -0.4 is 17.0 Å². The van der Waals surface area contributed by atoms with Gasteiger partial charge in [-0.05, 0) is 63.7 Å². The predicted molar refractivity (Wildman–Crippen MR) is 87.5 cm³/mol. The van der Waals surface area contributed by atoms with Gasteiger partial charge in [0.15, 0.2) is 0 Å². The molecule has 0 bridgehead atoms. The zero-order valence-corrected chi connectivity index (χ0v) is 13.5. The first-order chi connectivity index (χ1) is 9.99. The molecular weight excluding hydrogens is 262 g/mol. The zero-order valence-electron chi connectivity index (χ0n) is 13.5. The first-order valence-corrected chi connectivity index (χ1v) is 7.82. The molecule has 1 aromatic rings. The maximum Gasteiger partial charge on any atom is 0.126 e. The van der Waals surface area contributed by atoms with Crippen LogP contribution in [0.3, 0.4) is 0 Å². The highest BCUT2D eigenvalue weighted by Crippen LogP contribution is 2.38. The van der Waals surface area contributed by atoms with Crippen molar-refractivity contribution >= 4 is 5.82 Å². The van der Waals surface area contributed by atoms with E-state index in [0.29, 0.717) is 5.82 Å². The maximum absolute atomic E-state index is 6.00. The van der Waals surface area contributed by atoms with Crippen molar-refractivity contribution in [3.63, 3.8) is 0 Å². The van der Waals surface area contributed by atoms with Gasteiger partial charge in [-0.1, -0.05) is 13.0 Å². The number of anilines is 1. The van der Waals surface area contributed by atoms with Gasteiger partial charge in [0.1, 0.15) is 5.82 Å². The molecule has 5 N–H and O–H groups in total. The lowest BCUT2D eigenvalue weighted by atomic mass is 9.71. The van der Waals surface area contributed by atoms with Gasteiger partial charge in [-0.25, -0.2) is 4.98 Å². The summed E-state index contributed by atoms with van der Waals surface area (Å²) in [6.45, 7) is 2.34. The van der Waals surface area contributed by atoms with Crippen LogP contribution in [0, 0.1) is 5.92 Å². The molecule has 1 aromatic heterocycles. The van der Waals surface area contributed by atoms with Crippen molar-refractivity contribution in [2.45, 2.75) is 50.6 Å². The molecule has 21 heavy (non-hydrogen) atoms. The Morgan fingerprint density at radius 1 is 1.43 bits per heavy atom. The molecule has 0 saturated heterocycles. The number of pyridine rings is 1. The maximum atomic E-state index is 6.00. The molecule has 1 aliphatic rings. The lowest BCUT2D eigenvalue weighted by molar-refractivity contribution is 0.0435. The molecule has 0 spiro atoms. The summed E-state index contributed by atoms with van der Waals surface area (Å²) in [6, 6.07) is 4.15. The molecule has 1 saturated carbocycles. The number of nitrogens with zero attached hydrogens (tertiary/aromatic N) is 2. The van der Waals surface area contributed by atoms with Gasteiger partial charge in [-0.3, -0.25) is 11.3 Å². The van der Waals surface area contributed by atoms with Crippen molar-refractivity contribution < 1.29 is 0 Å². The van der Waals surface area contributed by atoms with Gasteiger partial charge >= 0.3 is 0 Å². The second-order valence-corrected chi connectivity index (χ2v) is 6.65. The summed E-state index contributed by atoms with van der Waals surface area (Å²) < 4.78 is 0. The Morgan fingerprint density at radius 3 is 2.62 bits per heavy atom. The van der Waals surface area contributed by atoms with Crippen LogP contribution in [0.4, 0.5) is 5.82 Å². The summed E-state index contributed by atoms with van der Waals surface area (Å²) in [7, 11) is 4.32. The van der Waals surface area contributed by atoms with Crippen molar-refractivity contribution in [3.8, 4) is 0 Å². The van der Waals surface area contributed by atoms with E-state index in [0.717, 1.165) is 30.7 Å². The molecule has 1 atom stereocenters. The Labute approximate surface area is 128 Å². The summed E-state index contributed by atoms with van der Waals surface area (Å²) in [6.07, 6.45) is 7.36. The fraction of sp³-hybridized carbons (Fsp3) is 0.688. The van der Waals surface area contributed by atoms with Crippen LogP contribution in [-0.4, -0.2) is 35.6 Å². The third-order valence-electron chi connectivity index (χ3n) is 5.23. The van der Waals surface area contributed by atoms with Gasteiger partial charge in [0.05, 0.1) is 0 Å². The molecule has 0 aromatic carbocycles. The quantitative estimate of drug-likeness (QED) is 0.566. The normalized spacial score (nSPS) is 27.8. The third kappa shape index (κ3) is 3.36. The molecule has 1 heterocycles. The molecule has 0 amide bonds. The van der Waals surface area contributed by atoms with E-state index in [2.05, 4.69) is 36.3 Å². The van der Waals surface area contributed by atoms with Crippen molar-refractivity contribution in [1.82, 2.24) is 15.3 Å². The Bertz CT molecular complexity index is 452. The van der Waals surface area contributed by atoms with Crippen LogP contribution in [0.1, 0.15) is 38.2 Å². The van der Waals surface area contributed by atoms with Gasteiger partial charge in [0.2, 0.25) is 0 Å². The van der Waals surface area contributed by atoms with Crippen molar-refractivity contribution in [2.75, 3.05) is 19.8 Å². The minimum atomic E-state index is 0.0868. The summed E-state index contributed by atoms with van der Waals surface area (Å²) in [4.78, 5) is 6.53. The standard InChI is InChI=1S/C16H29N5/c1-12-6-8-16(9-7-12,21(2)3)14(20-18)11-13-5-4-10-19-15(13)17/h4-5,10,12,14,20H,6-9,11,18H2,1-3H3,(H2,17,19). The highest BCUT2D eigenvalue weighted by Gasteiger charge is 2.42. The fourth-order valence-electron chi connectivity index (χ4n) is 3.62. The fourth-order valence-corrected chi connectivity index (χ4v) is 3.62. The van der Waals surface area contributed by atoms with E-state index in [9.17, 15) is 0 Å². The molecule has 5 heteroatoms. The van der Waals surface area contributed by atoms with Crippen molar-refractivity contribution in [3.05, 3.63) is 23.9 Å².